The zero-order chi connectivity index (χ0) is 13.5. The molecule has 2 aromatic rings. The molecule has 1 aromatic heterocycles. The molecule has 19 heavy (non-hydrogen) atoms. The maximum atomic E-state index is 11.6. The van der Waals surface area contributed by atoms with Crippen molar-refractivity contribution in [3.63, 3.8) is 0 Å². The Bertz CT molecular complexity index is 575. The van der Waals surface area contributed by atoms with Crippen molar-refractivity contribution in [3.05, 3.63) is 54.7 Å². The number of nitrogens with one attached hydrogen (secondary N) is 2. The molecular formula is C15H17N3O. The van der Waals surface area contributed by atoms with Crippen LogP contribution in [0.3, 0.4) is 0 Å². The Kier molecular flexibility index (Phi) is 4.64. The van der Waals surface area contributed by atoms with E-state index in [4.69, 9.17) is 0 Å². The molecule has 0 aliphatic carbocycles. The van der Waals surface area contributed by atoms with Crippen LogP contribution in [0.2, 0.25) is 0 Å². The van der Waals surface area contributed by atoms with E-state index in [1.807, 2.05) is 30.3 Å². The minimum Gasteiger partial charge on any atom is -0.351 e. The van der Waals surface area contributed by atoms with Crippen LogP contribution >= 0.6 is 0 Å². The van der Waals surface area contributed by atoms with E-state index in [-0.39, 0.29) is 5.91 Å². The first kappa shape index (κ1) is 13.2. The molecule has 1 aromatic carbocycles. The van der Waals surface area contributed by atoms with E-state index in [9.17, 15) is 4.79 Å². The van der Waals surface area contributed by atoms with Crippen LogP contribution in [-0.4, -0.2) is 24.0 Å². The molecule has 0 aliphatic rings. The lowest BCUT2D eigenvalue weighted by Crippen LogP contribution is -2.33. The molecule has 0 atom stereocenters. The van der Waals surface area contributed by atoms with Crippen LogP contribution in [0.4, 0.5) is 0 Å². The van der Waals surface area contributed by atoms with Crippen molar-refractivity contribution in [2.75, 3.05) is 13.1 Å². The van der Waals surface area contributed by atoms with Crippen molar-refractivity contribution >= 4 is 16.8 Å². The summed E-state index contributed by atoms with van der Waals surface area (Å²) >= 11 is 0. The predicted octanol–water partition coefficient (Wildman–Crippen LogP) is 1.63. The first-order chi connectivity index (χ1) is 9.31. The molecule has 4 nitrogen and oxygen atoms in total. The fourth-order valence-electron chi connectivity index (χ4n) is 1.85. The lowest BCUT2D eigenvalue weighted by molar-refractivity contribution is -0.120. The number of hydrogen-bond donors (Lipinski definition) is 2. The molecule has 0 spiro atoms. The van der Waals surface area contributed by atoms with E-state index in [0.717, 1.165) is 16.5 Å². The molecule has 2 rings (SSSR count). The minimum atomic E-state index is -0.0326. The predicted molar refractivity (Wildman–Crippen MR) is 76.7 cm³/mol. The third-order valence-electron chi connectivity index (χ3n) is 2.77. The summed E-state index contributed by atoms with van der Waals surface area (Å²) in [5.41, 5.74) is 1.96. The van der Waals surface area contributed by atoms with Crippen molar-refractivity contribution in [2.24, 2.45) is 0 Å². The van der Waals surface area contributed by atoms with Crippen LogP contribution in [0.15, 0.2) is 49.2 Å². The SMILES string of the molecule is C=CCNCC(=O)NCc1cccc2cccnc12. The van der Waals surface area contributed by atoms with Crippen LogP contribution in [-0.2, 0) is 11.3 Å². The molecule has 0 saturated heterocycles. The van der Waals surface area contributed by atoms with Crippen LogP contribution < -0.4 is 10.6 Å². The van der Waals surface area contributed by atoms with Gasteiger partial charge < -0.3 is 10.6 Å². The van der Waals surface area contributed by atoms with Gasteiger partial charge in [0.1, 0.15) is 0 Å². The van der Waals surface area contributed by atoms with E-state index in [1.165, 1.54) is 0 Å². The molecule has 0 saturated carbocycles. The Balaban J connectivity index is 1.98. The number of hydrogen-bond acceptors (Lipinski definition) is 3. The zero-order valence-corrected chi connectivity index (χ0v) is 10.7. The van der Waals surface area contributed by atoms with E-state index < -0.39 is 0 Å². The number of pyridine rings is 1. The number of benzene rings is 1. The number of rotatable bonds is 6. The van der Waals surface area contributed by atoms with E-state index in [1.54, 1.807) is 12.3 Å². The number of fused-ring (bicyclic) bond motifs is 1. The van der Waals surface area contributed by atoms with Gasteiger partial charge in [-0.15, -0.1) is 6.58 Å². The van der Waals surface area contributed by atoms with Crippen LogP contribution in [0.25, 0.3) is 10.9 Å². The van der Waals surface area contributed by atoms with Crippen LogP contribution in [0, 0.1) is 0 Å². The van der Waals surface area contributed by atoms with Gasteiger partial charge in [0, 0.05) is 24.7 Å². The van der Waals surface area contributed by atoms with Gasteiger partial charge in [-0.25, -0.2) is 0 Å². The normalized spacial score (nSPS) is 10.3. The van der Waals surface area contributed by atoms with Crippen LogP contribution in [0.1, 0.15) is 5.56 Å². The van der Waals surface area contributed by atoms with Crippen molar-refractivity contribution < 1.29 is 4.79 Å². The van der Waals surface area contributed by atoms with Gasteiger partial charge in [-0.05, 0) is 11.6 Å². The van der Waals surface area contributed by atoms with Gasteiger partial charge in [0.05, 0.1) is 12.1 Å². The first-order valence-corrected chi connectivity index (χ1v) is 6.22. The minimum absolute atomic E-state index is 0.0326. The fourth-order valence-corrected chi connectivity index (χ4v) is 1.85. The van der Waals surface area contributed by atoms with Gasteiger partial charge in [-0.1, -0.05) is 30.3 Å². The number of carbonyl (C=O) groups excluding carboxylic acids is 1. The van der Waals surface area contributed by atoms with Crippen LogP contribution in [0.5, 0.6) is 0 Å². The topological polar surface area (TPSA) is 54.0 Å². The summed E-state index contributed by atoms with van der Waals surface area (Å²) in [6, 6.07) is 9.89. The quantitative estimate of drug-likeness (QED) is 0.609. The highest BCUT2D eigenvalue weighted by atomic mass is 16.1. The number of para-hydroxylation sites is 1. The average molecular weight is 255 g/mol. The van der Waals surface area contributed by atoms with Gasteiger partial charge in [0.2, 0.25) is 5.91 Å². The summed E-state index contributed by atoms with van der Waals surface area (Å²) in [5.74, 6) is -0.0326. The van der Waals surface area contributed by atoms with Gasteiger partial charge in [-0.3, -0.25) is 9.78 Å². The van der Waals surface area contributed by atoms with Crippen molar-refractivity contribution in [1.82, 2.24) is 15.6 Å². The molecule has 0 bridgehead atoms. The highest BCUT2D eigenvalue weighted by Crippen LogP contribution is 2.15. The number of amides is 1. The monoisotopic (exact) mass is 255 g/mol. The molecule has 0 fully saturated rings. The molecular weight excluding hydrogens is 238 g/mol. The molecule has 1 heterocycles. The summed E-state index contributed by atoms with van der Waals surface area (Å²) in [6.45, 7) is 5.00. The number of carbonyl (C=O) groups is 1. The first-order valence-electron chi connectivity index (χ1n) is 6.22. The summed E-state index contributed by atoms with van der Waals surface area (Å²) < 4.78 is 0. The number of nitrogens with zero attached hydrogens (tertiary/aromatic N) is 1. The maximum Gasteiger partial charge on any atom is 0.234 e. The molecule has 2 N–H and O–H groups in total. The molecule has 98 valence electrons. The highest BCUT2D eigenvalue weighted by Gasteiger charge is 2.04. The average Bonchev–Trinajstić information content (AvgIpc) is 2.45. The Hall–Kier alpha value is -2.20. The third-order valence-corrected chi connectivity index (χ3v) is 2.77. The summed E-state index contributed by atoms with van der Waals surface area (Å²) in [4.78, 5) is 16.0. The molecule has 0 unspecified atom stereocenters. The molecule has 1 amide bonds. The lowest BCUT2D eigenvalue weighted by atomic mass is 10.1. The Morgan fingerprint density at radius 1 is 1.32 bits per heavy atom. The van der Waals surface area contributed by atoms with Crippen molar-refractivity contribution in [3.8, 4) is 0 Å². The second kappa shape index (κ2) is 6.66. The molecule has 4 heteroatoms. The van der Waals surface area contributed by atoms with E-state index in [0.29, 0.717) is 19.6 Å². The highest BCUT2D eigenvalue weighted by molar-refractivity contribution is 5.82. The standard InChI is InChI=1S/C15H17N3O/c1-2-8-16-11-14(19)18-10-13-6-3-5-12-7-4-9-17-15(12)13/h2-7,9,16H,1,8,10-11H2,(H,18,19). The van der Waals surface area contributed by atoms with Gasteiger partial charge in [0.15, 0.2) is 0 Å². The zero-order valence-electron chi connectivity index (χ0n) is 10.7. The Morgan fingerprint density at radius 2 is 2.16 bits per heavy atom. The number of aromatic nitrogens is 1. The third kappa shape index (κ3) is 3.63. The van der Waals surface area contributed by atoms with Gasteiger partial charge in [0.25, 0.3) is 0 Å². The molecule has 0 aliphatic heterocycles. The van der Waals surface area contributed by atoms with Gasteiger partial charge in [-0.2, -0.15) is 0 Å². The summed E-state index contributed by atoms with van der Waals surface area (Å²) in [6.07, 6.45) is 3.49. The van der Waals surface area contributed by atoms with E-state index >= 15 is 0 Å². The van der Waals surface area contributed by atoms with Crippen molar-refractivity contribution in [1.29, 1.82) is 0 Å². The molecule has 0 radical (unpaired) electrons. The second-order valence-corrected chi connectivity index (χ2v) is 4.19. The summed E-state index contributed by atoms with van der Waals surface area (Å²) in [7, 11) is 0. The fraction of sp³-hybridized carbons (Fsp3) is 0.200. The smallest absolute Gasteiger partial charge is 0.234 e. The second-order valence-electron chi connectivity index (χ2n) is 4.19. The van der Waals surface area contributed by atoms with Crippen molar-refractivity contribution in [2.45, 2.75) is 6.54 Å². The summed E-state index contributed by atoms with van der Waals surface area (Å²) in [5, 5.41) is 6.92. The maximum absolute atomic E-state index is 11.6. The van der Waals surface area contributed by atoms with E-state index in [2.05, 4.69) is 22.2 Å². The largest absolute Gasteiger partial charge is 0.351 e. The lowest BCUT2D eigenvalue weighted by Gasteiger charge is -2.08. The Morgan fingerprint density at radius 3 is 3.00 bits per heavy atom. The Labute approximate surface area is 112 Å². The van der Waals surface area contributed by atoms with Gasteiger partial charge >= 0.3 is 0 Å².